The summed E-state index contributed by atoms with van der Waals surface area (Å²) in [6.07, 6.45) is 0.846. The Morgan fingerprint density at radius 2 is 1.89 bits per heavy atom. The lowest BCUT2D eigenvalue weighted by Crippen LogP contribution is -2.20. The van der Waals surface area contributed by atoms with E-state index in [1.54, 1.807) is 0 Å². The molecule has 19 heavy (non-hydrogen) atoms. The molecule has 0 spiro atoms. The predicted octanol–water partition coefficient (Wildman–Crippen LogP) is 2.28. The lowest BCUT2D eigenvalue weighted by molar-refractivity contribution is 0.260. The van der Waals surface area contributed by atoms with E-state index in [2.05, 4.69) is 41.3 Å². The van der Waals surface area contributed by atoms with E-state index < -0.39 is 0 Å². The molecule has 3 nitrogen and oxygen atoms in total. The van der Waals surface area contributed by atoms with Crippen molar-refractivity contribution in [2.24, 2.45) is 5.73 Å². The fraction of sp³-hybridized carbons (Fsp3) is 0.375. The van der Waals surface area contributed by atoms with Crippen molar-refractivity contribution in [2.75, 3.05) is 33.8 Å². The van der Waals surface area contributed by atoms with Crippen LogP contribution in [0, 0.1) is 0 Å². The maximum Gasteiger partial charge on any atom is 0.123 e. The molecule has 0 bridgehead atoms. The van der Waals surface area contributed by atoms with Crippen LogP contribution >= 0.6 is 0 Å². The van der Waals surface area contributed by atoms with Crippen molar-refractivity contribution in [3.8, 4) is 5.75 Å². The highest BCUT2D eigenvalue weighted by molar-refractivity contribution is 5.87. The molecule has 0 unspecified atom stereocenters. The summed E-state index contributed by atoms with van der Waals surface area (Å²) in [5.74, 6) is 0.964. The Morgan fingerprint density at radius 1 is 1.11 bits per heavy atom. The number of likely N-dealkylation sites (N-methyl/N-ethyl adjacent to an activating group) is 1. The molecule has 0 fully saturated rings. The van der Waals surface area contributed by atoms with Gasteiger partial charge in [-0.05, 0) is 43.9 Å². The Hall–Kier alpha value is -1.58. The summed E-state index contributed by atoms with van der Waals surface area (Å²) in [5.41, 5.74) is 6.96. The minimum absolute atomic E-state index is 0.637. The summed E-state index contributed by atoms with van der Waals surface area (Å²) in [6, 6.07) is 12.6. The van der Waals surface area contributed by atoms with E-state index in [1.807, 2.05) is 14.1 Å². The largest absolute Gasteiger partial charge is 0.492 e. The zero-order valence-electron chi connectivity index (χ0n) is 11.7. The molecule has 2 N–H and O–H groups in total. The first-order valence-electron chi connectivity index (χ1n) is 6.70. The first-order chi connectivity index (χ1) is 9.22. The van der Waals surface area contributed by atoms with Gasteiger partial charge in [-0.25, -0.2) is 0 Å². The molecule has 102 valence electrons. The molecule has 0 aliphatic rings. The second-order valence-corrected chi connectivity index (χ2v) is 4.95. The summed E-state index contributed by atoms with van der Waals surface area (Å²) in [5, 5.41) is 2.49. The maximum atomic E-state index is 5.91. The minimum atomic E-state index is 0.637. The maximum absolute atomic E-state index is 5.91. The van der Waals surface area contributed by atoms with Gasteiger partial charge in [0, 0.05) is 12.1 Å². The van der Waals surface area contributed by atoms with Gasteiger partial charge in [0.1, 0.15) is 12.4 Å². The van der Waals surface area contributed by atoms with E-state index >= 15 is 0 Å². The van der Waals surface area contributed by atoms with Crippen molar-refractivity contribution in [2.45, 2.75) is 6.42 Å². The van der Waals surface area contributed by atoms with Crippen LogP contribution in [0.3, 0.4) is 0 Å². The third-order valence-corrected chi connectivity index (χ3v) is 3.19. The molecule has 0 saturated heterocycles. The Balaban J connectivity index is 2.29. The number of fused-ring (bicyclic) bond motifs is 1. The van der Waals surface area contributed by atoms with Crippen LogP contribution in [0.5, 0.6) is 5.75 Å². The molecular formula is C16H22N2O. The van der Waals surface area contributed by atoms with Gasteiger partial charge in [-0.2, -0.15) is 0 Å². The van der Waals surface area contributed by atoms with E-state index in [9.17, 15) is 0 Å². The van der Waals surface area contributed by atoms with Gasteiger partial charge in [0.2, 0.25) is 0 Å². The van der Waals surface area contributed by atoms with Crippen LogP contribution in [0.4, 0.5) is 0 Å². The van der Waals surface area contributed by atoms with Gasteiger partial charge < -0.3 is 15.4 Å². The van der Waals surface area contributed by atoms with Gasteiger partial charge >= 0.3 is 0 Å². The van der Waals surface area contributed by atoms with Crippen LogP contribution in [0.25, 0.3) is 10.8 Å². The first-order valence-corrected chi connectivity index (χ1v) is 6.70. The molecule has 0 heterocycles. The Morgan fingerprint density at radius 3 is 2.63 bits per heavy atom. The average Bonchev–Trinajstić information content (AvgIpc) is 2.41. The molecule has 0 aromatic heterocycles. The van der Waals surface area contributed by atoms with E-state index in [0.29, 0.717) is 13.2 Å². The third kappa shape index (κ3) is 3.46. The lowest BCUT2D eigenvalue weighted by Gasteiger charge is -2.15. The topological polar surface area (TPSA) is 38.5 Å². The number of benzene rings is 2. The third-order valence-electron chi connectivity index (χ3n) is 3.19. The van der Waals surface area contributed by atoms with Crippen molar-refractivity contribution in [1.29, 1.82) is 0 Å². The molecule has 0 radical (unpaired) electrons. The highest BCUT2D eigenvalue weighted by Gasteiger charge is 2.08. The number of hydrogen-bond donors (Lipinski definition) is 1. The summed E-state index contributed by atoms with van der Waals surface area (Å²) in [7, 11) is 4.09. The fourth-order valence-corrected chi connectivity index (χ4v) is 2.19. The van der Waals surface area contributed by atoms with Crippen molar-refractivity contribution < 1.29 is 4.74 Å². The summed E-state index contributed by atoms with van der Waals surface area (Å²) in [4.78, 5) is 2.11. The molecule has 0 aliphatic carbocycles. The molecule has 0 atom stereocenters. The van der Waals surface area contributed by atoms with Crippen LogP contribution in [0.15, 0.2) is 36.4 Å². The van der Waals surface area contributed by atoms with Crippen LogP contribution in [0.1, 0.15) is 5.56 Å². The second-order valence-electron chi connectivity index (χ2n) is 4.95. The van der Waals surface area contributed by atoms with E-state index in [-0.39, 0.29) is 0 Å². The van der Waals surface area contributed by atoms with Gasteiger partial charge in [-0.1, -0.05) is 30.3 Å². The Labute approximate surface area is 115 Å². The summed E-state index contributed by atoms with van der Waals surface area (Å²) >= 11 is 0. The van der Waals surface area contributed by atoms with Crippen molar-refractivity contribution in [3.05, 3.63) is 42.0 Å². The predicted molar refractivity (Wildman–Crippen MR) is 80.8 cm³/mol. The van der Waals surface area contributed by atoms with E-state index in [0.717, 1.165) is 18.7 Å². The molecule has 2 aromatic carbocycles. The highest BCUT2D eigenvalue weighted by atomic mass is 16.5. The monoisotopic (exact) mass is 258 g/mol. The number of nitrogens with zero attached hydrogens (tertiary/aromatic N) is 1. The molecule has 0 amide bonds. The van der Waals surface area contributed by atoms with Crippen molar-refractivity contribution in [3.63, 3.8) is 0 Å². The Bertz CT molecular complexity index is 537. The van der Waals surface area contributed by atoms with Crippen LogP contribution in [0.2, 0.25) is 0 Å². The summed E-state index contributed by atoms with van der Waals surface area (Å²) in [6.45, 7) is 2.25. The molecule has 3 heteroatoms. The quantitative estimate of drug-likeness (QED) is 0.864. The minimum Gasteiger partial charge on any atom is -0.492 e. The standard InChI is InChI=1S/C16H22N2O/c1-18(2)11-12-19-16-8-7-13-5-3-4-6-14(13)15(16)9-10-17/h3-8H,9-12,17H2,1-2H3. The number of rotatable bonds is 6. The number of nitrogens with two attached hydrogens (primary N) is 1. The molecule has 2 rings (SSSR count). The van der Waals surface area contributed by atoms with Gasteiger partial charge in [0.05, 0.1) is 0 Å². The highest BCUT2D eigenvalue weighted by Crippen LogP contribution is 2.28. The SMILES string of the molecule is CN(C)CCOc1ccc2ccccc2c1CCN. The van der Waals surface area contributed by atoms with Crippen LogP contribution in [-0.2, 0) is 6.42 Å². The van der Waals surface area contributed by atoms with Gasteiger partial charge in [-0.15, -0.1) is 0 Å². The number of hydrogen-bond acceptors (Lipinski definition) is 3. The van der Waals surface area contributed by atoms with E-state index in [4.69, 9.17) is 10.5 Å². The molecule has 0 saturated carbocycles. The van der Waals surface area contributed by atoms with Crippen molar-refractivity contribution in [1.82, 2.24) is 4.90 Å². The van der Waals surface area contributed by atoms with Gasteiger partial charge in [0.25, 0.3) is 0 Å². The second kappa shape index (κ2) is 6.55. The zero-order chi connectivity index (χ0) is 13.7. The van der Waals surface area contributed by atoms with Crippen LogP contribution < -0.4 is 10.5 Å². The average molecular weight is 258 g/mol. The number of ether oxygens (including phenoxy) is 1. The Kier molecular flexibility index (Phi) is 4.77. The zero-order valence-corrected chi connectivity index (χ0v) is 11.7. The molecule has 2 aromatic rings. The van der Waals surface area contributed by atoms with Crippen molar-refractivity contribution >= 4 is 10.8 Å². The van der Waals surface area contributed by atoms with Gasteiger partial charge in [0.15, 0.2) is 0 Å². The normalized spacial score (nSPS) is 11.2. The fourth-order valence-electron chi connectivity index (χ4n) is 2.19. The van der Waals surface area contributed by atoms with E-state index in [1.165, 1.54) is 16.3 Å². The summed E-state index contributed by atoms with van der Waals surface area (Å²) < 4.78 is 5.91. The van der Waals surface area contributed by atoms with Crippen LogP contribution in [-0.4, -0.2) is 38.7 Å². The van der Waals surface area contributed by atoms with Gasteiger partial charge in [-0.3, -0.25) is 0 Å². The lowest BCUT2D eigenvalue weighted by atomic mass is 10.0. The first kappa shape index (κ1) is 13.8. The molecular weight excluding hydrogens is 236 g/mol. The smallest absolute Gasteiger partial charge is 0.123 e. The molecule has 0 aliphatic heterocycles.